The van der Waals surface area contributed by atoms with Crippen LogP contribution in [0.4, 0.5) is 4.79 Å². The van der Waals surface area contributed by atoms with E-state index >= 15 is 0 Å². The van der Waals surface area contributed by atoms with Crippen molar-refractivity contribution in [3.8, 4) is 0 Å². The van der Waals surface area contributed by atoms with E-state index in [2.05, 4.69) is 27.3 Å². The van der Waals surface area contributed by atoms with Gasteiger partial charge in [-0.15, -0.1) is 0 Å². The van der Waals surface area contributed by atoms with Crippen LogP contribution in [0.3, 0.4) is 0 Å². The molecule has 0 radical (unpaired) electrons. The fourth-order valence-electron chi connectivity index (χ4n) is 8.78. The minimum absolute atomic E-state index is 0.00168. The molecule has 0 spiro atoms. The number of rotatable bonds is 10. The molecule has 5 heterocycles. The second-order valence-corrected chi connectivity index (χ2v) is 15.8. The molecule has 304 valence electrons. The van der Waals surface area contributed by atoms with Crippen LogP contribution in [0.25, 0.3) is 21.8 Å². The fourth-order valence-corrected chi connectivity index (χ4v) is 8.78. The lowest BCUT2D eigenvalue weighted by molar-refractivity contribution is -0.145. The SMILES string of the molecule is CC(=O)OCn1ncc2cc(C[C@@H](NC(=O)N3CCC(c4cc5ccccc5n(COC(C)=O)c4=O)CC3)C(=O)N3CCN(C4CCN(C)CC4)CC3)cc(C)c21. The number of carbonyl (C=O) groups is 4. The van der Waals surface area contributed by atoms with Gasteiger partial charge in [0.1, 0.15) is 6.04 Å². The highest BCUT2D eigenvalue weighted by Gasteiger charge is 2.34. The van der Waals surface area contributed by atoms with Crippen molar-refractivity contribution in [1.29, 1.82) is 0 Å². The number of urea groups is 1. The number of carbonyl (C=O) groups excluding carboxylic acids is 4. The van der Waals surface area contributed by atoms with Gasteiger partial charge in [0.05, 0.1) is 17.2 Å². The number of aryl methyl sites for hydroxylation is 1. The number of hydrogen-bond donors (Lipinski definition) is 1. The van der Waals surface area contributed by atoms with E-state index in [1.807, 2.05) is 54.3 Å². The van der Waals surface area contributed by atoms with Crippen LogP contribution >= 0.6 is 0 Å². The number of piperazine rings is 1. The van der Waals surface area contributed by atoms with Crippen molar-refractivity contribution in [2.24, 2.45) is 0 Å². The molecule has 2 aromatic carbocycles. The molecule has 7 rings (SSSR count). The second-order valence-electron chi connectivity index (χ2n) is 15.8. The van der Waals surface area contributed by atoms with Crippen molar-refractivity contribution in [2.75, 3.05) is 59.4 Å². The summed E-state index contributed by atoms with van der Waals surface area (Å²) < 4.78 is 13.6. The van der Waals surface area contributed by atoms with Gasteiger partial charge in [-0.1, -0.05) is 24.3 Å². The van der Waals surface area contributed by atoms with E-state index in [0.717, 1.165) is 66.4 Å². The molecule has 4 aromatic rings. The predicted octanol–water partition coefficient (Wildman–Crippen LogP) is 3.44. The van der Waals surface area contributed by atoms with E-state index in [1.54, 1.807) is 15.8 Å². The number of likely N-dealkylation sites (tertiary alicyclic amines) is 2. The maximum atomic E-state index is 14.4. The molecule has 1 N–H and O–H groups in total. The molecule has 3 aliphatic heterocycles. The zero-order valence-electron chi connectivity index (χ0n) is 33.4. The van der Waals surface area contributed by atoms with Gasteiger partial charge in [0.2, 0.25) is 5.91 Å². The molecule has 3 amide bonds. The van der Waals surface area contributed by atoms with Crippen LogP contribution < -0.4 is 10.9 Å². The molecule has 0 saturated carbocycles. The Kier molecular flexibility index (Phi) is 12.2. The quantitative estimate of drug-likeness (QED) is 0.237. The first-order valence-corrected chi connectivity index (χ1v) is 20.1. The lowest BCUT2D eigenvalue weighted by atomic mass is 9.89. The maximum Gasteiger partial charge on any atom is 0.318 e. The van der Waals surface area contributed by atoms with Crippen LogP contribution in [-0.2, 0) is 43.7 Å². The van der Waals surface area contributed by atoms with Crippen molar-refractivity contribution in [1.82, 2.24) is 39.3 Å². The number of nitrogens with one attached hydrogen (secondary N) is 1. The van der Waals surface area contributed by atoms with Crippen LogP contribution in [-0.4, -0.2) is 129 Å². The number of ether oxygens (including phenoxy) is 2. The van der Waals surface area contributed by atoms with Crippen molar-refractivity contribution in [3.63, 3.8) is 0 Å². The van der Waals surface area contributed by atoms with E-state index < -0.39 is 18.0 Å². The Hall–Kier alpha value is -5.28. The Balaban J connectivity index is 1.06. The van der Waals surface area contributed by atoms with E-state index in [9.17, 15) is 24.0 Å². The van der Waals surface area contributed by atoms with Crippen molar-refractivity contribution >= 4 is 45.7 Å². The predicted molar refractivity (Wildman–Crippen MR) is 214 cm³/mol. The summed E-state index contributed by atoms with van der Waals surface area (Å²) in [5, 5.41) is 9.28. The van der Waals surface area contributed by atoms with Gasteiger partial charge < -0.3 is 29.5 Å². The first-order valence-electron chi connectivity index (χ1n) is 20.1. The van der Waals surface area contributed by atoms with E-state index in [-0.39, 0.29) is 36.9 Å². The highest BCUT2D eigenvalue weighted by atomic mass is 16.5. The third kappa shape index (κ3) is 9.15. The molecule has 3 aliphatic rings. The van der Waals surface area contributed by atoms with Crippen LogP contribution in [0.2, 0.25) is 0 Å². The zero-order chi connectivity index (χ0) is 40.2. The molecule has 0 bridgehead atoms. The highest BCUT2D eigenvalue weighted by Crippen LogP contribution is 2.29. The number of nitrogens with zero attached hydrogens (tertiary/aromatic N) is 7. The van der Waals surface area contributed by atoms with Crippen LogP contribution in [0, 0.1) is 6.92 Å². The highest BCUT2D eigenvalue weighted by molar-refractivity contribution is 5.88. The average molecular weight is 783 g/mol. The Morgan fingerprint density at radius 1 is 0.825 bits per heavy atom. The second kappa shape index (κ2) is 17.5. The van der Waals surface area contributed by atoms with E-state index in [0.29, 0.717) is 62.6 Å². The van der Waals surface area contributed by atoms with E-state index in [4.69, 9.17) is 9.47 Å². The first kappa shape index (κ1) is 39.9. The topological polar surface area (TPSA) is 152 Å². The summed E-state index contributed by atoms with van der Waals surface area (Å²) in [5.41, 5.74) is 3.76. The Morgan fingerprint density at radius 3 is 2.21 bits per heavy atom. The molecule has 3 saturated heterocycles. The van der Waals surface area contributed by atoms with Crippen molar-refractivity contribution in [3.05, 3.63) is 75.7 Å². The Bertz CT molecular complexity index is 2180. The summed E-state index contributed by atoms with van der Waals surface area (Å²) in [4.78, 5) is 73.8. The number of hydrogen-bond acceptors (Lipinski definition) is 10. The van der Waals surface area contributed by atoms with Crippen LogP contribution in [0.5, 0.6) is 0 Å². The number of benzene rings is 2. The smallest absolute Gasteiger partial charge is 0.318 e. The third-order valence-electron chi connectivity index (χ3n) is 11.9. The molecule has 0 unspecified atom stereocenters. The van der Waals surface area contributed by atoms with Gasteiger partial charge in [-0.05, 0) is 93.4 Å². The first-order chi connectivity index (χ1) is 27.4. The summed E-state index contributed by atoms with van der Waals surface area (Å²) in [7, 11) is 2.16. The molecular weight excluding hydrogens is 729 g/mol. The number of fused-ring (bicyclic) bond motifs is 2. The standard InChI is InChI=1S/C42H54N8O7/c1-28-21-31(22-34-25-43-50(39(28)34)27-57-30(3)52)23-37(41(54)47-19-17-46(18-20-47)35-11-13-45(4)14-12-35)44-42(55)48-15-9-32(10-16-48)36-24-33-7-5-6-8-38(33)49(40(36)53)26-56-29(2)51/h5-8,21-22,24-25,32,35,37H,9-20,23,26-27H2,1-4H3,(H,44,55)/t37-/m1/s1. The molecule has 15 nitrogen and oxygen atoms in total. The third-order valence-corrected chi connectivity index (χ3v) is 11.9. The number of piperidine rings is 2. The van der Waals surface area contributed by atoms with Gasteiger partial charge in [-0.2, -0.15) is 5.10 Å². The lowest BCUT2D eigenvalue weighted by Gasteiger charge is -2.43. The monoisotopic (exact) mass is 782 g/mol. The minimum atomic E-state index is -0.799. The number of esters is 2. The summed E-state index contributed by atoms with van der Waals surface area (Å²) in [5.74, 6) is -1.06. The van der Waals surface area contributed by atoms with Gasteiger partial charge in [-0.25, -0.2) is 9.48 Å². The van der Waals surface area contributed by atoms with Crippen LogP contribution in [0.15, 0.2) is 53.5 Å². The molecule has 3 fully saturated rings. The lowest BCUT2D eigenvalue weighted by Crippen LogP contribution is -2.59. The molecule has 15 heteroatoms. The van der Waals surface area contributed by atoms with Gasteiger partial charge in [0.25, 0.3) is 5.56 Å². The van der Waals surface area contributed by atoms with Gasteiger partial charge in [-0.3, -0.25) is 28.6 Å². The molecule has 1 atom stereocenters. The molecule has 2 aromatic heterocycles. The largest absolute Gasteiger partial charge is 0.444 e. The van der Waals surface area contributed by atoms with Gasteiger partial charge >= 0.3 is 18.0 Å². The maximum absolute atomic E-state index is 14.4. The average Bonchev–Trinajstić information content (AvgIpc) is 3.62. The molecular formula is C42H54N8O7. The van der Waals surface area contributed by atoms with Crippen molar-refractivity contribution in [2.45, 2.75) is 84.3 Å². The summed E-state index contributed by atoms with van der Waals surface area (Å²) >= 11 is 0. The molecule has 0 aliphatic carbocycles. The summed E-state index contributed by atoms with van der Waals surface area (Å²) in [6.45, 7) is 10.3. The number of pyridine rings is 1. The fraction of sp³-hybridized carbons (Fsp3) is 0.524. The van der Waals surface area contributed by atoms with Gasteiger partial charge in [0.15, 0.2) is 13.5 Å². The summed E-state index contributed by atoms with van der Waals surface area (Å²) in [6, 6.07) is 12.8. The number of aromatic nitrogens is 3. The number of para-hydroxylation sites is 1. The minimum Gasteiger partial charge on any atom is -0.444 e. The molecule has 57 heavy (non-hydrogen) atoms. The number of amides is 3. The Labute approximate surface area is 332 Å². The zero-order valence-corrected chi connectivity index (χ0v) is 33.4. The van der Waals surface area contributed by atoms with Crippen molar-refractivity contribution < 1.29 is 28.7 Å². The van der Waals surface area contributed by atoms with Crippen LogP contribution in [0.1, 0.15) is 62.1 Å². The Morgan fingerprint density at radius 2 is 1.51 bits per heavy atom. The van der Waals surface area contributed by atoms with Gasteiger partial charge in [0, 0.05) is 76.5 Å². The normalized spacial score (nSPS) is 18.2. The van der Waals surface area contributed by atoms with E-state index in [1.165, 1.54) is 18.4 Å². The summed E-state index contributed by atoms with van der Waals surface area (Å²) in [6.07, 6.45) is 5.41.